The van der Waals surface area contributed by atoms with E-state index in [0.717, 1.165) is 5.56 Å². The van der Waals surface area contributed by atoms with Gasteiger partial charge in [0.2, 0.25) is 0 Å². The van der Waals surface area contributed by atoms with Crippen LogP contribution in [0.3, 0.4) is 0 Å². The normalized spacial score (nSPS) is 11.7. The monoisotopic (exact) mass is 377 g/mol. The Kier molecular flexibility index (Phi) is 7.75. The number of amides is 1. The van der Waals surface area contributed by atoms with Crippen molar-refractivity contribution in [2.75, 3.05) is 20.3 Å². The van der Waals surface area contributed by atoms with E-state index in [1.807, 2.05) is 26.0 Å². The van der Waals surface area contributed by atoms with Gasteiger partial charge in [-0.3, -0.25) is 4.79 Å². The van der Waals surface area contributed by atoms with Gasteiger partial charge in [-0.2, -0.15) is 0 Å². The largest absolute Gasteiger partial charge is 0.493 e. The summed E-state index contributed by atoms with van der Waals surface area (Å²) in [5.74, 6) is 1.10. The molecule has 0 fully saturated rings. The average Bonchev–Trinajstić information content (AvgIpc) is 2.62. The quantitative estimate of drug-likeness (QED) is 0.715. The number of para-hydroxylation sites is 1. The van der Waals surface area contributed by atoms with E-state index in [1.54, 1.807) is 37.4 Å². The number of carbonyl (C=O) groups excluding carboxylic acids is 1. The van der Waals surface area contributed by atoms with Crippen molar-refractivity contribution < 1.29 is 19.0 Å². The standard InChI is InChI=1S/C20H24ClNO4/c1-4-25-18-10-9-15(20(23)22-14(2)12-24-3)11-16(18)13-26-19-8-6-5-7-17(19)21/h5-11,14H,4,12-13H2,1-3H3,(H,22,23). The molecule has 1 N–H and O–H groups in total. The van der Waals surface area contributed by atoms with Crippen molar-refractivity contribution in [3.8, 4) is 11.5 Å². The Labute approximate surface area is 159 Å². The van der Waals surface area contributed by atoms with E-state index >= 15 is 0 Å². The molecular formula is C20H24ClNO4. The lowest BCUT2D eigenvalue weighted by atomic mass is 10.1. The molecule has 2 aromatic carbocycles. The number of rotatable bonds is 9. The maximum atomic E-state index is 12.4. The van der Waals surface area contributed by atoms with Gasteiger partial charge in [-0.1, -0.05) is 23.7 Å². The van der Waals surface area contributed by atoms with Crippen LogP contribution in [0.2, 0.25) is 5.02 Å². The van der Waals surface area contributed by atoms with Gasteiger partial charge in [-0.05, 0) is 44.2 Å². The molecule has 5 nitrogen and oxygen atoms in total. The van der Waals surface area contributed by atoms with Crippen LogP contribution in [-0.4, -0.2) is 32.3 Å². The van der Waals surface area contributed by atoms with E-state index in [4.69, 9.17) is 25.8 Å². The summed E-state index contributed by atoms with van der Waals surface area (Å²) in [4.78, 5) is 12.4. The summed E-state index contributed by atoms with van der Waals surface area (Å²) in [5.41, 5.74) is 1.31. The van der Waals surface area contributed by atoms with E-state index in [1.165, 1.54) is 0 Å². The molecule has 0 heterocycles. The lowest BCUT2D eigenvalue weighted by Crippen LogP contribution is -2.35. The zero-order valence-electron chi connectivity index (χ0n) is 15.3. The minimum absolute atomic E-state index is 0.0816. The van der Waals surface area contributed by atoms with Crippen LogP contribution in [0.4, 0.5) is 0 Å². The Morgan fingerprint density at radius 2 is 1.92 bits per heavy atom. The summed E-state index contributed by atoms with van der Waals surface area (Å²) >= 11 is 6.13. The fourth-order valence-electron chi connectivity index (χ4n) is 2.45. The van der Waals surface area contributed by atoms with Crippen LogP contribution in [0.15, 0.2) is 42.5 Å². The van der Waals surface area contributed by atoms with Gasteiger partial charge in [0.05, 0.1) is 18.2 Å². The van der Waals surface area contributed by atoms with Crippen LogP contribution >= 0.6 is 11.6 Å². The molecule has 140 valence electrons. The number of halogens is 1. The van der Waals surface area contributed by atoms with Crippen molar-refractivity contribution in [3.63, 3.8) is 0 Å². The molecule has 1 unspecified atom stereocenters. The summed E-state index contributed by atoms with van der Waals surface area (Å²) in [5, 5.41) is 3.43. The first-order valence-corrected chi connectivity index (χ1v) is 8.85. The lowest BCUT2D eigenvalue weighted by Gasteiger charge is -2.16. The molecule has 2 rings (SSSR count). The first kappa shape index (κ1) is 20.1. The molecule has 0 aliphatic carbocycles. The molecular weight excluding hydrogens is 354 g/mol. The van der Waals surface area contributed by atoms with Gasteiger partial charge in [-0.15, -0.1) is 0 Å². The van der Waals surface area contributed by atoms with E-state index < -0.39 is 0 Å². The highest BCUT2D eigenvalue weighted by Crippen LogP contribution is 2.27. The van der Waals surface area contributed by atoms with Gasteiger partial charge in [-0.25, -0.2) is 0 Å². The molecule has 0 spiro atoms. The van der Waals surface area contributed by atoms with Crippen molar-refractivity contribution in [2.45, 2.75) is 26.5 Å². The summed E-state index contributed by atoms with van der Waals surface area (Å²) in [6.45, 7) is 5.01. The van der Waals surface area contributed by atoms with Gasteiger partial charge in [0, 0.05) is 24.3 Å². The van der Waals surface area contributed by atoms with Gasteiger partial charge in [0.1, 0.15) is 18.1 Å². The van der Waals surface area contributed by atoms with Crippen molar-refractivity contribution in [1.29, 1.82) is 0 Å². The maximum absolute atomic E-state index is 12.4. The summed E-state index contributed by atoms with van der Waals surface area (Å²) in [6, 6.07) is 12.5. The van der Waals surface area contributed by atoms with Crippen LogP contribution in [0.25, 0.3) is 0 Å². The fourth-order valence-corrected chi connectivity index (χ4v) is 2.64. The van der Waals surface area contributed by atoms with Gasteiger partial charge < -0.3 is 19.5 Å². The van der Waals surface area contributed by atoms with Gasteiger partial charge in [0.15, 0.2) is 0 Å². The topological polar surface area (TPSA) is 56.8 Å². The number of hydrogen-bond acceptors (Lipinski definition) is 4. The first-order valence-electron chi connectivity index (χ1n) is 8.48. The van der Waals surface area contributed by atoms with Crippen LogP contribution in [-0.2, 0) is 11.3 Å². The SMILES string of the molecule is CCOc1ccc(C(=O)NC(C)COC)cc1COc1ccccc1Cl. The third-order valence-electron chi connectivity index (χ3n) is 3.64. The molecule has 26 heavy (non-hydrogen) atoms. The summed E-state index contributed by atoms with van der Waals surface area (Å²) in [7, 11) is 1.60. The molecule has 6 heteroatoms. The Morgan fingerprint density at radius 1 is 1.15 bits per heavy atom. The summed E-state index contributed by atoms with van der Waals surface area (Å²) in [6.07, 6.45) is 0. The van der Waals surface area contributed by atoms with Crippen LogP contribution in [0.1, 0.15) is 29.8 Å². The third kappa shape index (κ3) is 5.64. The van der Waals surface area contributed by atoms with E-state index in [0.29, 0.717) is 35.3 Å². The molecule has 2 aromatic rings. The van der Waals surface area contributed by atoms with Crippen molar-refractivity contribution >= 4 is 17.5 Å². The lowest BCUT2D eigenvalue weighted by molar-refractivity contribution is 0.0905. The maximum Gasteiger partial charge on any atom is 0.251 e. The van der Waals surface area contributed by atoms with Crippen molar-refractivity contribution in [2.24, 2.45) is 0 Å². The molecule has 0 aliphatic heterocycles. The number of benzene rings is 2. The number of methoxy groups -OCH3 is 1. The molecule has 0 saturated heterocycles. The third-order valence-corrected chi connectivity index (χ3v) is 3.95. The molecule has 0 saturated carbocycles. The number of nitrogens with one attached hydrogen (secondary N) is 1. The highest BCUT2D eigenvalue weighted by atomic mass is 35.5. The number of carbonyl (C=O) groups is 1. The minimum atomic E-state index is -0.170. The van der Waals surface area contributed by atoms with E-state index in [2.05, 4.69) is 5.32 Å². The second-order valence-electron chi connectivity index (χ2n) is 5.80. The fraction of sp³-hybridized carbons (Fsp3) is 0.350. The molecule has 0 aliphatic rings. The second kappa shape index (κ2) is 10.0. The smallest absolute Gasteiger partial charge is 0.251 e. The Balaban J connectivity index is 2.16. The Hall–Kier alpha value is -2.24. The number of hydrogen-bond donors (Lipinski definition) is 1. The molecule has 1 amide bonds. The Bertz CT molecular complexity index is 736. The molecule has 0 aromatic heterocycles. The highest BCUT2D eigenvalue weighted by Gasteiger charge is 2.14. The van der Waals surface area contributed by atoms with Crippen LogP contribution in [0, 0.1) is 0 Å². The van der Waals surface area contributed by atoms with Crippen molar-refractivity contribution in [3.05, 3.63) is 58.6 Å². The summed E-state index contributed by atoms with van der Waals surface area (Å²) < 4.78 is 16.5. The van der Waals surface area contributed by atoms with Crippen molar-refractivity contribution in [1.82, 2.24) is 5.32 Å². The van der Waals surface area contributed by atoms with E-state index in [-0.39, 0.29) is 18.6 Å². The average molecular weight is 378 g/mol. The predicted octanol–water partition coefficient (Wildman–Crippen LogP) is 4.08. The second-order valence-corrected chi connectivity index (χ2v) is 6.21. The first-order chi connectivity index (χ1) is 12.5. The molecule has 0 radical (unpaired) electrons. The zero-order valence-corrected chi connectivity index (χ0v) is 16.0. The number of ether oxygens (including phenoxy) is 3. The molecule has 0 bridgehead atoms. The molecule has 1 atom stereocenters. The van der Waals surface area contributed by atoms with Crippen LogP contribution < -0.4 is 14.8 Å². The van der Waals surface area contributed by atoms with Gasteiger partial charge >= 0.3 is 0 Å². The van der Waals surface area contributed by atoms with E-state index in [9.17, 15) is 4.79 Å². The zero-order chi connectivity index (χ0) is 18.9. The van der Waals surface area contributed by atoms with Gasteiger partial charge in [0.25, 0.3) is 5.91 Å². The highest BCUT2D eigenvalue weighted by molar-refractivity contribution is 6.32. The predicted molar refractivity (Wildman–Crippen MR) is 102 cm³/mol. The Morgan fingerprint density at radius 3 is 2.62 bits per heavy atom. The van der Waals surface area contributed by atoms with Crippen LogP contribution in [0.5, 0.6) is 11.5 Å². The minimum Gasteiger partial charge on any atom is -0.493 e.